The molecule has 4 heteroatoms. The molecule has 0 fully saturated rings. The van der Waals surface area contributed by atoms with Crippen LogP contribution in [-0.2, 0) is 13.5 Å². The zero-order valence-electron chi connectivity index (χ0n) is 10.3. The standard InChI is InChI=1S/C13H19N3O/c1-3-14-9-10(17)8-13-15-11-6-4-5-7-12(11)16(13)2/h4-7,10,14,17H,3,8-9H2,1-2H3. The van der Waals surface area contributed by atoms with Gasteiger partial charge >= 0.3 is 0 Å². The molecule has 1 unspecified atom stereocenters. The Labute approximate surface area is 101 Å². The average molecular weight is 233 g/mol. The highest BCUT2D eigenvalue weighted by molar-refractivity contribution is 5.75. The number of benzene rings is 1. The molecule has 1 atom stereocenters. The molecule has 0 spiro atoms. The van der Waals surface area contributed by atoms with Crippen LogP contribution in [0.1, 0.15) is 12.7 Å². The van der Waals surface area contributed by atoms with Gasteiger partial charge in [-0.05, 0) is 18.7 Å². The van der Waals surface area contributed by atoms with E-state index in [-0.39, 0.29) is 6.10 Å². The number of hydrogen-bond acceptors (Lipinski definition) is 3. The number of hydrogen-bond donors (Lipinski definition) is 2. The second kappa shape index (κ2) is 5.29. The van der Waals surface area contributed by atoms with Gasteiger partial charge in [-0.3, -0.25) is 0 Å². The minimum absolute atomic E-state index is 0.384. The van der Waals surface area contributed by atoms with Crippen molar-refractivity contribution in [1.29, 1.82) is 0 Å². The Kier molecular flexibility index (Phi) is 3.76. The molecule has 2 aromatic rings. The third-order valence-electron chi connectivity index (χ3n) is 2.93. The summed E-state index contributed by atoms with van der Waals surface area (Å²) < 4.78 is 2.05. The minimum atomic E-state index is -0.384. The molecule has 2 N–H and O–H groups in total. The fourth-order valence-corrected chi connectivity index (χ4v) is 1.97. The van der Waals surface area contributed by atoms with Crippen LogP contribution in [0.3, 0.4) is 0 Å². The van der Waals surface area contributed by atoms with E-state index < -0.39 is 0 Å². The highest BCUT2D eigenvalue weighted by Crippen LogP contribution is 2.15. The van der Waals surface area contributed by atoms with Crippen LogP contribution in [0.25, 0.3) is 11.0 Å². The van der Waals surface area contributed by atoms with Crippen molar-refractivity contribution in [3.05, 3.63) is 30.1 Å². The first-order valence-corrected chi connectivity index (χ1v) is 6.01. The van der Waals surface area contributed by atoms with Crippen LogP contribution in [0.5, 0.6) is 0 Å². The van der Waals surface area contributed by atoms with E-state index in [1.807, 2.05) is 42.8 Å². The lowest BCUT2D eigenvalue weighted by molar-refractivity contribution is 0.169. The van der Waals surface area contributed by atoms with Crippen LogP contribution < -0.4 is 5.32 Å². The van der Waals surface area contributed by atoms with Gasteiger partial charge in [0.15, 0.2) is 0 Å². The molecule has 4 nitrogen and oxygen atoms in total. The maximum absolute atomic E-state index is 9.87. The van der Waals surface area contributed by atoms with E-state index in [1.54, 1.807) is 0 Å². The van der Waals surface area contributed by atoms with Crippen molar-refractivity contribution in [3.8, 4) is 0 Å². The zero-order chi connectivity index (χ0) is 12.3. The highest BCUT2D eigenvalue weighted by atomic mass is 16.3. The molecule has 0 aliphatic rings. The summed E-state index contributed by atoms with van der Waals surface area (Å²) in [6, 6.07) is 8.02. The molecule has 0 amide bonds. The van der Waals surface area contributed by atoms with Gasteiger partial charge in [-0.15, -0.1) is 0 Å². The van der Waals surface area contributed by atoms with Gasteiger partial charge in [0.25, 0.3) is 0 Å². The summed E-state index contributed by atoms with van der Waals surface area (Å²) in [5.41, 5.74) is 2.10. The number of imidazole rings is 1. The second-order valence-corrected chi connectivity index (χ2v) is 4.24. The third-order valence-corrected chi connectivity index (χ3v) is 2.93. The normalized spacial score (nSPS) is 13.1. The van der Waals surface area contributed by atoms with E-state index in [9.17, 15) is 5.11 Å². The molecule has 0 bridgehead atoms. The first kappa shape index (κ1) is 12.1. The predicted molar refractivity (Wildman–Crippen MR) is 69.0 cm³/mol. The molecular weight excluding hydrogens is 214 g/mol. The number of nitrogens with one attached hydrogen (secondary N) is 1. The van der Waals surface area contributed by atoms with Crippen molar-refractivity contribution < 1.29 is 5.11 Å². The van der Waals surface area contributed by atoms with Gasteiger partial charge in [0.05, 0.1) is 17.1 Å². The van der Waals surface area contributed by atoms with Crippen LogP contribution in [0, 0.1) is 0 Å². The average Bonchev–Trinajstić information content (AvgIpc) is 2.64. The predicted octanol–water partition coefficient (Wildman–Crippen LogP) is 1.09. The molecule has 1 aromatic heterocycles. The van der Waals surface area contributed by atoms with E-state index in [0.717, 1.165) is 23.4 Å². The lowest BCUT2D eigenvalue weighted by Gasteiger charge is -2.10. The fourth-order valence-electron chi connectivity index (χ4n) is 1.97. The summed E-state index contributed by atoms with van der Waals surface area (Å²) in [6.07, 6.45) is 0.198. The third kappa shape index (κ3) is 2.65. The number of aliphatic hydroxyl groups excluding tert-OH is 1. The largest absolute Gasteiger partial charge is 0.391 e. The number of likely N-dealkylation sites (N-methyl/N-ethyl adjacent to an activating group) is 1. The Hall–Kier alpha value is -1.39. The number of aryl methyl sites for hydroxylation is 1. The van der Waals surface area contributed by atoms with Crippen molar-refractivity contribution >= 4 is 11.0 Å². The molecule has 0 radical (unpaired) electrons. The molecule has 0 aliphatic carbocycles. The van der Waals surface area contributed by atoms with Gasteiger partial charge in [0.1, 0.15) is 5.82 Å². The van der Waals surface area contributed by atoms with E-state index >= 15 is 0 Å². The minimum Gasteiger partial charge on any atom is -0.391 e. The van der Waals surface area contributed by atoms with Gasteiger partial charge in [-0.1, -0.05) is 19.1 Å². The lowest BCUT2D eigenvalue weighted by atomic mass is 10.2. The monoisotopic (exact) mass is 233 g/mol. The van der Waals surface area contributed by atoms with Crippen LogP contribution in [0.4, 0.5) is 0 Å². The maximum Gasteiger partial charge on any atom is 0.112 e. The summed E-state index contributed by atoms with van der Waals surface area (Å²) in [5.74, 6) is 0.927. The molecule has 0 aliphatic heterocycles. The topological polar surface area (TPSA) is 50.1 Å². The molecule has 0 saturated carbocycles. The number of aliphatic hydroxyl groups is 1. The Bertz CT molecular complexity index is 492. The van der Waals surface area contributed by atoms with Gasteiger partial charge < -0.3 is 15.0 Å². The van der Waals surface area contributed by atoms with E-state index in [1.165, 1.54) is 0 Å². The first-order chi connectivity index (χ1) is 8.22. The smallest absolute Gasteiger partial charge is 0.112 e. The molecule has 17 heavy (non-hydrogen) atoms. The molecular formula is C13H19N3O. The molecule has 92 valence electrons. The highest BCUT2D eigenvalue weighted by Gasteiger charge is 2.11. The van der Waals surface area contributed by atoms with Crippen LogP contribution in [-0.4, -0.2) is 33.9 Å². The van der Waals surface area contributed by atoms with Gasteiger partial charge in [-0.2, -0.15) is 0 Å². The summed E-state index contributed by atoms with van der Waals surface area (Å²) in [5, 5.41) is 13.0. The maximum atomic E-state index is 9.87. The number of para-hydroxylation sites is 2. The second-order valence-electron chi connectivity index (χ2n) is 4.24. The fraction of sp³-hybridized carbons (Fsp3) is 0.462. The lowest BCUT2D eigenvalue weighted by Crippen LogP contribution is -2.28. The van der Waals surface area contributed by atoms with Crippen LogP contribution in [0.2, 0.25) is 0 Å². The van der Waals surface area contributed by atoms with E-state index in [0.29, 0.717) is 13.0 Å². The van der Waals surface area contributed by atoms with Crippen LogP contribution in [0.15, 0.2) is 24.3 Å². The zero-order valence-corrected chi connectivity index (χ0v) is 10.3. The van der Waals surface area contributed by atoms with E-state index in [4.69, 9.17) is 0 Å². The summed E-state index contributed by atoms with van der Waals surface area (Å²) in [7, 11) is 1.99. The SMILES string of the molecule is CCNCC(O)Cc1nc2ccccc2n1C. The van der Waals surface area contributed by atoms with E-state index in [2.05, 4.69) is 10.3 Å². The Morgan fingerprint density at radius 3 is 2.88 bits per heavy atom. The summed E-state index contributed by atoms with van der Waals surface area (Å²) >= 11 is 0. The van der Waals surface area contributed by atoms with Crippen molar-refractivity contribution in [2.24, 2.45) is 7.05 Å². The summed E-state index contributed by atoms with van der Waals surface area (Å²) in [6.45, 7) is 3.51. The molecule has 1 aromatic carbocycles. The molecule has 2 rings (SSSR count). The Balaban J connectivity index is 2.16. The number of fused-ring (bicyclic) bond motifs is 1. The number of aromatic nitrogens is 2. The Morgan fingerprint density at radius 2 is 2.18 bits per heavy atom. The van der Waals surface area contributed by atoms with Crippen molar-refractivity contribution in [2.75, 3.05) is 13.1 Å². The van der Waals surface area contributed by atoms with Crippen molar-refractivity contribution in [2.45, 2.75) is 19.4 Å². The quantitative estimate of drug-likeness (QED) is 0.812. The van der Waals surface area contributed by atoms with Gasteiger partial charge in [0.2, 0.25) is 0 Å². The molecule has 0 saturated heterocycles. The van der Waals surface area contributed by atoms with Crippen LogP contribution >= 0.6 is 0 Å². The van der Waals surface area contributed by atoms with Gasteiger partial charge in [0, 0.05) is 20.0 Å². The first-order valence-electron chi connectivity index (χ1n) is 6.01. The Morgan fingerprint density at radius 1 is 1.41 bits per heavy atom. The molecule has 1 heterocycles. The van der Waals surface area contributed by atoms with Gasteiger partial charge in [-0.25, -0.2) is 4.98 Å². The number of rotatable bonds is 5. The van der Waals surface area contributed by atoms with Crippen molar-refractivity contribution in [3.63, 3.8) is 0 Å². The summed E-state index contributed by atoms with van der Waals surface area (Å²) in [4.78, 5) is 4.54. The van der Waals surface area contributed by atoms with Crippen molar-refractivity contribution in [1.82, 2.24) is 14.9 Å². The number of nitrogens with zero attached hydrogens (tertiary/aromatic N) is 2.